The Morgan fingerprint density at radius 1 is 1.28 bits per heavy atom. The Bertz CT molecular complexity index is 526. The third-order valence-corrected chi connectivity index (χ3v) is 2.85. The van der Waals surface area contributed by atoms with Gasteiger partial charge in [-0.3, -0.25) is 0 Å². The average Bonchev–Trinajstić information content (AvgIpc) is 2.38. The molecule has 0 aromatic carbocycles. The predicted octanol–water partition coefficient (Wildman–Crippen LogP) is 1.27. The minimum absolute atomic E-state index is 0.109. The lowest BCUT2D eigenvalue weighted by Gasteiger charge is -2.16. The van der Waals surface area contributed by atoms with Crippen molar-refractivity contribution >= 4 is 5.82 Å². The summed E-state index contributed by atoms with van der Waals surface area (Å²) < 4.78 is 0. The molecule has 0 amide bonds. The summed E-state index contributed by atoms with van der Waals surface area (Å²) in [6.45, 7) is 1.88. The summed E-state index contributed by atoms with van der Waals surface area (Å²) in [6, 6.07) is 5.91. The Kier molecular flexibility index (Phi) is 3.84. The predicted molar refractivity (Wildman–Crippen MR) is 70.9 cm³/mol. The van der Waals surface area contributed by atoms with Gasteiger partial charge in [0.05, 0.1) is 11.7 Å². The molecule has 5 heteroatoms. The van der Waals surface area contributed by atoms with Crippen molar-refractivity contribution in [2.75, 3.05) is 12.8 Å². The summed E-state index contributed by atoms with van der Waals surface area (Å²) >= 11 is 0. The second-order valence-electron chi connectivity index (χ2n) is 4.12. The highest BCUT2D eigenvalue weighted by Crippen LogP contribution is 2.18. The molecule has 0 aliphatic heterocycles. The SMILES string of the molecule is CNC(Cc1cccnc1N)c1ccnc(C)n1. The molecule has 5 nitrogen and oxygen atoms in total. The van der Waals surface area contributed by atoms with E-state index in [1.165, 1.54) is 0 Å². The first-order chi connectivity index (χ1) is 8.70. The number of hydrogen-bond acceptors (Lipinski definition) is 5. The molecule has 0 spiro atoms. The van der Waals surface area contributed by atoms with Gasteiger partial charge in [-0.15, -0.1) is 0 Å². The summed E-state index contributed by atoms with van der Waals surface area (Å²) in [5.74, 6) is 1.34. The number of rotatable bonds is 4. The zero-order chi connectivity index (χ0) is 13.0. The molecular weight excluding hydrogens is 226 g/mol. The number of pyridine rings is 1. The maximum absolute atomic E-state index is 5.86. The van der Waals surface area contributed by atoms with Crippen LogP contribution in [0, 0.1) is 6.92 Å². The molecule has 0 saturated carbocycles. The number of anilines is 1. The minimum atomic E-state index is 0.109. The topological polar surface area (TPSA) is 76.7 Å². The first-order valence-electron chi connectivity index (χ1n) is 5.87. The number of nitrogens with zero attached hydrogens (tertiary/aromatic N) is 3. The number of hydrogen-bond donors (Lipinski definition) is 2. The van der Waals surface area contributed by atoms with Crippen LogP contribution in [-0.4, -0.2) is 22.0 Å². The van der Waals surface area contributed by atoms with E-state index in [9.17, 15) is 0 Å². The van der Waals surface area contributed by atoms with Crippen LogP contribution in [0.1, 0.15) is 23.1 Å². The maximum Gasteiger partial charge on any atom is 0.126 e. The van der Waals surface area contributed by atoms with Crippen LogP contribution >= 0.6 is 0 Å². The zero-order valence-electron chi connectivity index (χ0n) is 10.6. The third-order valence-electron chi connectivity index (χ3n) is 2.85. The van der Waals surface area contributed by atoms with Crippen LogP contribution < -0.4 is 11.1 Å². The van der Waals surface area contributed by atoms with Crippen LogP contribution in [0.4, 0.5) is 5.82 Å². The largest absolute Gasteiger partial charge is 0.383 e. The Morgan fingerprint density at radius 3 is 2.78 bits per heavy atom. The van der Waals surface area contributed by atoms with E-state index in [1.54, 1.807) is 12.4 Å². The van der Waals surface area contributed by atoms with Gasteiger partial charge in [0.1, 0.15) is 11.6 Å². The van der Waals surface area contributed by atoms with Gasteiger partial charge in [0, 0.05) is 12.4 Å². The van der Waals surface area contributed by atoms with Crippen LogP contribution in [0.15, 0.2) is 30.6 Å². The van der Waals surface area contributed by atoms with E-state index in [-0.39, 0.29) is 6.04 Å². The summed E-state index contributed by atoms with van der Waals surface area (Å²) in [5, 5.41) is 3.25. The second kappa shape index (κ2) is 5.55. The molecule has 0 saturated heterocycles. The molecule has 18 heavy (non-hydrogen) atoms. The molecule has 2 rings (SSSR count). The first-order valence-corrected chi connectivity index (χ1v) is 5.87. The number of likely N-dealkylation sites (N-methyl/N-ethyl adjacent to an activating group) is 1. The molecule has 3 N–H and O–H groups in total. The molecule has 2 aromatic heterocycles. The van der Waals surface area contributed by atoms with Crippen molar-refractivity contribution in [1.82, 2.24) is 20.3 Å². The van der Waals surface area contributed by atoms with Gasteiger partial charge >= 0.3 is 0 Å². The van der Waals surface area contributed by atoms with Crippen LogP contribution in [0.2, 0.25) is 0 Å². The fraction of sp³-hybridized carbons (Fsp3) is 0.308. The molecular formula is C13H17N5. The van der Waals surface area contributed by atoms with Gasteiger partial charge in [0.15, 0.2) is 0 Å². The molecule has 0 bridgehead atoms. The summed E-state index contributed by atoms with van der Waals surface area (Å²) in [7, 11) is 1.91. The number of nitrogens with one attached hydrogen (secondary N) is 1. The smallest absolute Gasteiger partial charge is 0.126 e. The summed E-state index contributed by atoms with van der Waals surface area (Å²) in [5.41, 5.74) is 7.85. The van der Waals surface area contributed by atoms with Crippen LogP contribution in [0.3, 0.4) is 0 Å². The molecule has 0 fully saturated rings. The Balaban J connectivity index is 2.23. The fourth-order valence-corrected chi connectivity index (χ4v) is 1.87. The maximum atomic E-state index is 5.86. The second-order valence-corrected chi connectivity index (χ2v) is 4.12. The van der Waals surface area contributed by atoms with Gasteiger partial charge in [-0.05, 0) is 38.1 Å². The van der Waals surface area contributed by atoms with E-state index in [1.807, 2.05) is 32.2 Å². The van der Waals surface area contributed by atoms with Crippen LogP contribution in [-0.2, 0) is 6.42 Å². The minimum Gasteiger partial charge on any atom is -0.383 e. The van der Waals surface area contributed by atoms with Crippen molar-refractivity contribution in [2.45, 2.75) is 19.4 Å². The molecule has 0 aliphatic carbocycles. The van der Waals surface area contributed by atoms with Crippen LogP contribution in [0.25, 0.3) is 0 Å². The standard InChI is InChI=1S/C13H17N5/c1-9-16-7-5-11(18-9)12(15-2)8-10-4-3-6-17-13(10)14/h3-7,12,15H,8H2,1-2H3,(H2,14,17). The monoisotopic (exact) mass is 243 g/mol. The van der Waals surface area contributed by atoms with E-state index in [0.717, 1.165) is 23.5 Å². The third kappa shape index (κ3) is 2.81. The zero-order valence-corrected chi connectivity index (χ0v) is 10.6. The molecule has 2 heterocycles. The highest BCUT2D eigenvalue weighted by molar-refractivity contribution is 5.39. The van der Waals surface area contributed by atoms with Gasteiger partial charge in [0.25, 0.3) is 0 Å². The van der Waals surface area contributed by atoms with Gasteiger partial charge in [-0.25, -0.2) is 15.0 Å². The number of aromatic nitrogens is 3. The number of nitrogens with two attached hydrogens (primary N) is 1. The highest BCUT2D eigenvalue weighted by Gasteiger charge is 2.13. The van der Waals surface area contributed by atoms with E-state index in [2.05, 4.69) is 20.3 Å². The van der Waals surface area contributed by atoms with Crippen molar-refractivity contribution in [3.05, 3.63) is 47.7 Å². The highest BCUT2D eigenvalue weighted by atomic mass is 14.9. The van der Waals surface area contributed by atoms with Crippen molar-refractivity contribution in [2.24, 2.45) is 0 Å². The van der Waals surface area contributed by atoms with Gasteiger partial charge in [0.2, 0.25) is 0 Å². The number of aryl methyl sites for hydroxylation is 1. The molecule has 94 valence electrons. The van der Waals surface area contributed by atoms with Crippen molar-refractivity contribution in [1.29, 1.82) is 0 Å². The first kappa shape index (κ1) is 12.4. The van der Waals surface area contributed by atoms with Crippen molar-refractivity contribution in [3.8, 4) is 0 Å². The quantitative estimate of drug-likeness (QED) is 0.845. The summed E-state index contributed by atoms with van der Waals surface area (Å²) in [4.78, 5) is 12.6. The lowest BCUT2D eigenvalue weighted by molar-refractivity contribution is 0.572. The fourth-order valence-electron chi connectivity index (χ4n) is 1.87. The Hall–Kier alpha value is -2.01. The normalized spacial score (nSPS) is 12.3. The van der Waals surface area contributed by atoms with Gasteiger partial charge in [-0.2, -0.15) is 0 Å². The molecule has 0 radical (unpaired) electrons. The molecule has 2 aromatic rings. The van der Waals surface area contributed by atoms with Gasteiger partial charge in [-0.1, -0.05) is 6.07 Å². The van der Waals surface area contributed by atoms with Crippen molar-refractivity contribution < 1.29 is 0 Å². The Labute approximate surface area is 106 Å². The van der Waals surface area contributed by atoms with E-state index in [4.69, 9.17) is 5.73 Å². The van der Waals surface area contributed by atoms with E-state index in [0.29, 0.717) is 5.82 Å². The Morgan fingerprint density at radius 2 is 2.11 bits per heavy atom. The van der Waals surface area contributed by atoms with Gasteiger partial charge < -0.3 is 11.1 Å². The summed E-state index contributed by atoms with van der Waals surface area (Å²) in [6.07, 6.45) is 4.23. The van der Waals surface area contributed by atoms with E-state index >= 15 is 0 Å². The van der Waals surface area contributed by atoms with E-state index < -0.39 is 0 Å². The lowest BCUT2D eigenvalue weighted by atomic mass is 10.0. The molecule has 0 aliphatic rings. The molecule has 1 atom stereocenters. The van der Waals surface area contributed by atoms with Crippen molar-refractivity contribution in [3.63, 3.8) is 0 Å². The molecule has 1 unspecified atom stereocenters. The lowest BCUT2D eigenvalue weighted by Crippen LogP contribution is -2.21. The number of nitrogen functional groups attached to an aromatic ring is 1. The van der Waals surface area contributed by atoms with Crippen LogP contribution in [0.5, 0.6) is 0 Å². The average molecular weight is 243 g/mol.